The number of thioether (sulfide) groups is 1. The van der Waals surface area contributed by atoms with Crippen LogP contribution in [0.15, 0.2) is 11.2 Å². The fourth-order valence-corrected chi connectivity index (χ4v) is 3.11. The Hall–Kier alpha value is -0.840. The average Bonchev–Trinajstić information content (AvgIpc) is 2.83. The topological polar surface area (TPSA) is 37.8 Å². The molecule has 2 rings (SSSR count). The molecular weight excluding hydrogens is 237 g/mol. The monoisotopic (exact) mass is 255 g/mol. The maximum Gasteiger partial charge on any atom is 0.223 e. The van der Waals surface area contributed by atoms with Crippen molar-refractivity contribution >= 4 is 17.7 Å². The Morgan fingerprint density at radius 2 is 2.24 bits per heavy atom. The van der Waals surface area contributed by atoms with Crippen molar-refractivity contribution in [3.8, 4) is 0 Å². The lowest BCUT2D eigenvalue weighted by atomic mass is 10.4. The molecule has 0 amide bonds. The van der Waals surface area contributed by atoms with Crippen molar-refractivity contribution in [3.05, 3.63) is 12.0 Å². The molecule has 94 valence electrons. The number of aromatic nitrogens is 2. The highest BCUT2D eigenvalue weighted by Gasteiger charge is 2.19. The van der Waals surface area contributed by atoms with Gasteiger partial charge in [0.15, 0.2) is 5.82 Å². The molecule has 1 aromatic rings. The van der Waals surface area contributed by atoms with Crippen LogP contribution in [0.2, 0.25) is 0 Å². The van der Waals surface area contributed by atoms with Crippen LogP contribution in [-0.4, -0.2) is 21.8 Å². The predicted octanol–water partition coefficient (Wildman–Crippen LogP) is 3.47. The number of anilines is 1. The molecule has 1 heterocycles. The van der Waals surface area contributed by atoms with E-state index < -0.39 is 0 Å². The van der Waals surface area contributed by atoms with Crippen molar-refractivity contribution in [2.75, 3.05) is 11.9 Å². The molecule has 1 aromatic heterocycles. The van der Waals surface area contributed by atoms with E-state index in [1.807, 2.05) is 0 Å². The van der Waals surface area contributed by atoms with Crippen molar-refractivity contribution in [1.82, 2.24) is 9.97 Å². The molecule has 17 heavy (non-hydrogen) atoms. The third-order valence-corrected chi connectivity index (χ3v) is 4.14. The summed E-state index contributed by atoms with van der Waals surface area (Å²) in [6.45, 7) is 2.89. The van der Waals surface area contributed by atoms with Gasteiger partial charge < -0.3 is 5.32 Å². The fourth-order valence-electron chi connectivity index (χ4n) is 1.92. The van der Waals surface area contributed by atoms with Gasteiger partial charge in [0, 0.05) is 11.8 Å². The first-order valence-electron chi connectivity index (χ1n) is 6.22. The molecule has 1 aliphatic rings. The minimum atomic E-state index is -0.302. The van der Waals surface area contributed by atoms with Gasteiger partial charge in [0.1, 0.15) is 5.03 Å². The number of rotatable bonds is 5. The Balaban J connectivity index is 2.03. The van der Waals surface area contributed by atoms with E-state index in [1.165, 1.54) is 31.9 Å². The SMILES string of the molecule is CCCNc1ncc(F)c(SC2CCCC2)n1. The molecule has 3 nitrogen and oxygen atoms in total. The Bertz CT molecular complexity index is 367. The van der Waals surface area contributed by atoms with Crippen LogP contribution in [0.4, 0.5) is 10.3 Å². The highest BCUT2D eigenvalue weighted by molar-refractivity contribution is 7.99. The van der Waals surface area contributed by atoms with Gasteiger partial charge in [0.05, 0.1) is 6.20 Å². The van der Waals surface area contributed by atoms with Gasteiger partial charge in [-0.1, -0.05) is 31.5 Å². The van der Waals surface area contributed by atoms with E-state index in [4.69, 9.17) is 0 Å². The summed E-state index contributed by atoms with van der Waals surface area (Å²) in [5, 5.41) is 4.10. The summed E-state index contributed by atoms with van der Waals surface area (Å²) >= 11 is 1.56. The molecule has 0 saturated heterocycles. The summed E-state index contributed by atoms with van der Waals surface area (Å²) in [4.78, 5) is 8.18. The first kappa shape index (κ1) is 12.6. The van der Waals surface area contributed by atoms with Gasteiger partial charge in [-0.05, 0) is 19.3 Å². The van der Waals surface area contributed by atoms with E-state index in [0.717, 1.165) is 13.0 Å². The van der Waals surface area contributed by atoms with Crippen molar-refractivity contribution in [1.29, 1.82) is 0 Å². The molecule has 1 fully saturated rings. The molecule has 1 aliphatic carbocycles. The van der Waals surface area contributed by atoms with E-state index >= 15 is 0 Å². The summed E-state index contributed by atoms with van der Waals surface area (Å²) in [5.74, 6) is 0.234. The van der Waals surface area contributed by atoms with Gasteiger partial charge in [-0.15, -0.1) is 0 Å². The van der Waals surface area contributed by atoms with E-state index in [0.29, 0.717) is 16.2 Å². The fraction of sp³-hybridized carbons (Fsp3) is 0.667. The second-order valence-electron chi connectivity index (χ2n) is 4.30. The largest absolute Gasteiger partial charge is 0.354 e. The number of hydrogen-bond donors (Lipinski definition) is 1. The van der Waals surface area contributed by atoms with Crippen LogP contribution in [0, 0.1) is 5.82 Å². The molecule has 1 saturated carbocycles. The Kier molecular flexibility index (Phi) is 4.59. The number of nitrogens with one attached hydrogen (secondary N) is 1. The van der Waals surface area contributed by atoms with Gasteiger partial charge in [0.25, 0.3) is 0 Å². The number of nitrogens with zero attached hydrogens (tertiary/aromatic N) is 2. The molecule has 0 unspecified atom stereocenters. The van der Waals surface area contributed by atoms with E-state index in [2.05, 4.69) is 22.2 Å². The van der Waals surface area contributed by atoms with Crippen LogP contribution < -0.4 is 5.32 Å². The summed E-state index contributed by atoms with van der Waals surface area (Å²) in [6, 6.07) is 0. The summed E-state index contributed by atoms with van der Waals surface area (Å²) in [6.07, 6.45) is 7.13. The molecule has 0 radical (unpaired) electrons. The molecule has 0 aromatic carbocycles. The van der Waals surface area contributed by atoms with Gasteiger partial charge in [-0.3, -0.25) is 0 Å². The normalized spacial score (nSPS) is 16.4. The molecule has 0 bridgehead atoms. The first-order chi connectivity index (χ1) is 8.29. The minimum absolute atomic E-state index is 0.302. The highest BCUT2D eigenvalue weighted by atomic mass is 32.2. The van der Waals surface area contributed by atoms with Crippen LogP contribution in [0.25, 0.3) is 0 Å². The highest BCUT2D eigenvalue weighted by Crippen LogP contribution is 2.34. The van der Waals surface area contributed by atoms with Crippen molar-refractivity contribution in [3.63, 3.8) is 0 Å². The second kappa shape index (κ2) is 6.19. The van der Waals surface area contributed by atoms with E-state index in [1.54, 1.807) is 11.8 Å². The van der Waals surface area contributed by atoms with E-state index in [-0.39, 0.29) is 5.82 Å². The number of halogens is 1. The summed E-state index contributed by atoms with van der Waals surface area (Å²) < 4.78 is 13.6. The van der Waals surface area contributed by atoms with Gasteiger partial charge in [-0.2, -0.15) is 0 Å². The summed E-state index contributed by atoms with van der Waals surface area (Å²) in [7, 11) is 0. The quantitative estimate of drug-likeness (QED) is 0.817. The Labute approximate surface area is 106 Å². The summed E-state index contributed by atoms with van der Waals surface area (Å²) in [5.41, 5.74) is 0. The molecule has 0 atom stereocenters. The first-order valence-corrected chi connectivity index (χ1v) is 7.10. The lowest BCUT2D eigenvalue weighted by Crippen LogP contribution is -2.06. The smallest absolute Gasteiger partial charge is 0.223 e. The van der Waals surface area contributed by atoms with E-state index in [9.17, 15) is 4.39 Å². The van der Waals surface area contributed by atoms with Crippen LogP contribution in [-0.2, 0) is 0 Å². The lowest BCUT2D eigenvalue weighted by Gasteiger charge is -2.10. The van der Waals surface area contributed by atoms with Crippen molar-refractivity contribution in [2.24, 2.45) is 0 Å². The molecule has 0 aliphatic heterocycles. The maximum absolute atomic E-state index is 13.6. The zero-order valence-corrected chi connectivity index (χ0v) is 10.9. The third kappa shape index (κ3) is 3.56. The van der Waals surface area contributed by atoms with Crippen LogP contribution in [0.5, 0.6) is 0 Å². The maximum atomic E-state index is 13.6. The minimum Gasteiger partial charge on any atom is -0.354 e. The Morgan fingerprint density at radius 1 is 1.47 bits per heavy atom. The molecular formula is C12H18FN3S. The predicted molar refractivity (Wildman–Crippen MR) is 68.9 cm³/mol. The van der Waals surface area contributed by atoms with Crippen LogP contribution in [0.3, 0.4) is 0 Å². The van der Waals surface area contributed by atoms with Crippen molar-refractivity contribution in [2.45, 2.75) is 49.3 Å². The standard InChI is InChI=1S/C12H18FN3S/c1-2-7-14-12-15-8-10(13)11(16-12)17-9-5-3-4-6-9/h8-9H,2-7H2,1H3,(H,14,15,16). The lowest BCUT2D eigenvalue weighted by molar-refractivity contribution is 0.579. The second-order valence-corrected chi connectivity index (χ2v) is 5.59. The third-order valence-electron chi connectivity index (χ3n) is 2.83. The molecule has 0 spiro atoms. The van der Waals surface area contributed by atoms with Crippen molar-refractivity contribution < 1.29 is 4.39 Å². The van der Waals surface area contributed by atoms with Crippen LogP contribution in [0.1, 0.15) is 39.0 Å². The Morgan fingerprint density at radius 3 is 2.94 bits per heavy atom. The van der Waals surface area contributed by atoms with Gasteiger partial charge in [-0.25, -0.2) is 14.4 Å². The van der Waals surface area contributed by atoms with Gasteiger partial charge in [0.2, 0.25) is 5.95 Å². The average molecular weight is 255 g/mol. The molecule has 5 heteroatoms. The number of hydrogen-bond acceptors (Lipinski definition) is 4. The zero-order valence-electron chi connectivity index (χ0n) is 10.1. The zero-order chi connectivity index (χ0) is 12.1. The van der Waals surface area contributed by atoms with Crippen LogP contribution >= 0.6 is 11.8 Å². The molecule has 1 N–H and O–H groups in total. The van der Waals surface area contributed by atoms with Gasteiger partial charge >= 0.3 is 0 Å².